The Morgan fingerprint density at radius 1 is 1.23 bits per heavy atom. The van der Waals surface area contributed by atoms with Gasteiger partial charge < -0.3 is 20.3 Å². The van der Waals surface area contributed by atoms with E-state index < -0.39 is 5.82 Å². The van der Waals surface area contributed by atoms with Gasteiger partial charge in [0.15, 0.2) is 17.5 Å². The second kappa shape index (κ2) is 12.1. The van der Waals surface area contributed by atoms with Crippen molar-refractivity contribution in [2.24, 2.45) is 4.99 Å². The summed E-state index contributed by atoms with van der Waals surface area (Å²) < 4.78 is 19.0. The van der Waals surface area contributed by atoms with Crippen LogP contribution >= 0.6 is 11.8 Å². The second-order valence-electron chi connectivity index (χ2n) is 6.80. The van der Waals surface area contributed by atoms with Crippen LogP contribution in [0.2, 0.25) is 0 Å². The van der Waals surface area contributed by atoms with E-state index in [1.807, 2.05) is 25.1 Å². The lowest BCUT2D eigenvalue weighted by Gasteiger charge is -2.19. The quantitative estimate of drug-likeness (QED) is 0.275. The highest BCUT2D eigenvalue weighted by atomic mass is 32.2. The summed E-state index contributed by atoms with van der Waals surface area (Å²) in [5.41, 5.74) is 0.750. The third kappa shape index (κ3) is 7.59. The standard InChI is InChI=1S/C22H29FN4O2S/c1-16(17-10-11-20(29-4)19(23)14-17)26-22(25-15-21(28)27(2)3)24-12-13-30-18-8-6-5-7-9-18/h5-11,14,16H,12-13,15H2,1-4H3,(H2,24,25,26). The number of carbonyl (C=O) groups excluding carboxylic acids is 1. The predicted octanol–water partition coefficient (Wildman–Crippen LogP) is 3.31. The highest BCUT2D eigenvalue weighted by Crippen LogP contribution is 2.21. The zero-order chi connectivity index (χ0) is 21.9. The SMILES string of the molecule is COc1ccc(C(C)NC(=NCC(=O)N(C)C)NCCSc2ccccc2)cc1F. The van der Waals surface area contributed by atoms with Gasteiger partial charge in [-0.15, -0.1) is 11.8 Å². The molecule has 30 heavy (non-hydrogen) atoms. The Labute approximate surface area is 181 Å². The molecular weight excluding hydrogens is 403 g/mol. The summed E-state index contributed by atoms with van der Waals surface area (Å²) in [6.07, 6.45) is 0. The van der Waals surface area contributed by atoms with Crippen LogP contribution in [-0.2, 0) is 4.79 Å². The molecule has 1 unspecified atom stereocenters. The van der Waals surface area contributed by atoms with Crippen LogP contribution in [0.25, 0.3) is 0 Å². The summed E-state index contributed by atoms with van der Waals surface area (Å²) in [5, 5.41) is 6.49. The Hall–Kier alpha value is -2.74. The average molecular weight is 433 g/mol. The van der Waals surface area contributed by atoms with Crippen molar-refractivity contribution in [2.45, 2.75) is 17.9 Å². The van der Waals surface area contributed by atoms with Crippen molar-refractivity contribution in [3.63, 3.8) is 0 Å². The Balaban J connectivity index is 2.00. The van der Waals surface area contributed by atoms with Crippen LogP contribution in [0.3, 0.4) is 0 Å². The van der Waals surface area contributed by atoms with E-state index in [4.69, 9.17) is 4.74 Å². The maximum atomic E-state index is 14.0. The number of thioether (sulfide) groups is 1. The van der Waals surface area contributed by atoms with Gasteiger partial charge in [-0.05, 0) is 36.8 Å². The highest BCUT2D eigenvalue weighted by molar-refractivity contribution is 7.99. The molecule has 8 heteroatoms. The van der Waals surface area contributed by atoms with Gasteiger partial charge in [-0.25, -0.2) is 9.38 Å². The molecule has 0 aliphatic rings. The van der Waals surface area contributed by atoms with E-state index in [-0.39, 0.29) is 24.2 Å². The van der Waals surface area contributed by atoms with Crippen molar-refractivity contribution < 1.29 is 13.9 Å². The van der Waals surface area contributed by atoms with E-state index in [1.54, 1.807) is 38.0 Å². The number of hydrogen-bond donors (Lipinski definition) is 2. The minimum Gasteiger partial charge on any atom is -0.494 e. The number of carbonyl (C=O) groups is 1. The van der Waals surface area contributed by atoms with E-state index in [2.05, 4.69) is 27.8 Å². The summed E-state index contributed by atoms with van der Waals surface area (Å²) in [4.78, 5) is 19.0. The number of amides is 1. The number of nitrogens with zero attached hydrogens (tertiary/aromatic N) is 2. The lowest BCUT2D eigenvalue weighted by atomic mass is 10.1. The number of nitrogens with one attached hydrogen (secondary N) is 2. The minimum atomic E-state index is -0.419. The fourth-order valence-corrected chi connectivity index (χ4v) is 3.33. The first-order valence-electron chi connectivity index (χ1n) is 9.67. The van der Waals surface area contributed by atoms with E-state index in [0.29, 0.717) is 12.5 Å². The molecule has 2 aromatic rings. The van der Waals surface area contributed by atoms with Gasteiger partial charge >= 0.3 is 0 Å². The fraction of sp³-hybridized carbons (Fsp3) is 0.364. The number of guanidine groups is 1. The van der Waals surface area contributed by atoms with Crippen molar-refractivity contribution in [3.8, 4) is 5.75 Å². The van der Waals surface area contributed by atoms with Crippen LogP contribution in [0.1, 0.15) is 18.5 Å². The lowest BCUT2D eigenvalue weighted by molar-refractivity contribution is -0.127. The Morgan fingerprint density at radius 3 is 2.60 bits per heavy atom. The van der Waals surface area contributed by atoms with Crippen molar-refractivity contribution in [1.82, 2.24) is 15.5 Å². The van der Waals surface area contributed by atoms with Crippen LogP contribution in [0.15, 0.2) is 58.4 Å². The van der Waals surface area contributed by atoms with Crippen LogP contribution in [0, 0.1) is 5.82 Å². The Bertz CT molecular complexity index is 846. The highest BCUT2D eigenvalue weighted by Gasteiger charge is 2.12. The first kappa shape index (κ1) is 23.5. The Morgan fingerprint density at radius 2 is 1.97 bits per heavy atom. The van der Waals surface area contributed by atoms with Gasteiger partial charge in [-0.1, -0.05) is 24.3 Å². The fourth-order valence-electron chi connectivity index (χ4n) is 2.54. The summed E-state index contributed by atoms with van der Waals surface area (Å²) in [6, 6.07) is 14.7. The van der Waals surface area contributed by atoms with E-state index >= 15 is 0 Å². The number of halogens is 1. The maximum Gasteiger partial charge on any atom is 0.243 e. The molecule has 0 saturated heterocycles. The third-order valence-electron chi connectivity index (χ3n) is 4.31. The summed E-state index contributed by atoms with van der Waals surface area (Å²) >= 11 is 1.73. The van der Waals surface area contributed by atoms with Gasteiger partial charge in [0.2, 0.25) is 5.91 Å². The monoisotopic (exact) mass is 432 g/mol. The topological polar surface area (TPSA) is 66.0 Å². The number of hydrogen-bond acceptors (Lipinski definition) is 4. The molecule has 0 radical (unpaired) electrons. The lowest BCUT2D eigenvalue weighted by Crippen LogP contribution is -2.40. The second-order valence-corrected chi connectivity index (χ2v) is 7.97. The number of methoxy groups -OCH3 is 1. The molecule has 0 spiro atoms. The van der Waals surface area contributed by atoms with Crippen LogP contribution in [0.5, 0.6) is 5.75 Å². The van der Waals surface area contributed by atoms with Crippen molar-refractivity contribution >= 4 is 23.6 Å². The molecule has 0 heterocycles. The summed E-state index contributed by atoms with van der Waals surface area (Å²) in [5.74, 6) is 1.02. The maximum absolute atomic E-state index is 14.0. The molecule has 0 saturated carbocycles. The van der Waals surface area contributed by atoms with Gasteiger partial charge in [-0.2, -0.15) is 0 Å². The zero-order valence-corrected chi connectivity index (χ0v) is 18.6. The molecular formula is C22H29FN4O2S. The van der Waals surface area contributed by atoms with Gasteiger partial charge in [0.1, 0.15) is 6.54 Å². The van der Waals surface area contributed by atoms with Gasteiger partial charge in [0, 0.05) is 31.3 Å². The normalized spacial score (nSPS) is 12.2. The van der Waals surface area contributed by atoms with Gasteiger partial charge in [0.05, 0.1) is 13.2 Å². The van der Waals surface area contributed by atoms with Crippen LogP contribution < -0.4 is 15.4 Å². The number of likely N-dealkylation sites (N-methyl/N-ethyl adjacent to an activating group) is 1. The third-order valence-corrected chi connectivity index (χ3v) is 5.32. The number of aliphatic imine (C=N–C) groups is 1. The van der Waals surface area contributed by atoms with Crippen molar-refractivity contribution in [1.29, 1.82) is 0 Å². The van der Waals surface area contributed by atoms with Gasteiger partial charge in [-0.3, -0.25) is 4.79 Å². The number of rotatable bonds is 9. The molecule has 0 bridgehead atoms. The molecule has 1 amide bonds. The van der Waals surface area contributed by atoms with E-state index in [9.17, 15) is 9.18 Å². The van der Waals surface area contributed by atoms with Crippen molar-refractivity contribution in [2.75, 3.05) is 40.0 Å². The first-order chi connectivity index (χ1) is 14.4. The molecule has 2 aromatic carbocycles. The molecule has 2 rings (SSSR count). The predicted molar refractivity (Wildman–Crippen MR) is 121 cm³/mol. The molecule has 0 aliphatic heterocycles. The van der Waals surface area contributed by atoms with E-state index in [1.165, 1.54) is 23.0 Å². The molecule has 0 aromatic heterocycles. The van der Waals surface area contributed by atoms with Crippen molar-refractivity contribution in [3.05, 3.63) is 59.9 Å². The van der Waals surface area contributed by atoms with E-state index in [0.717, 1.165) is 11.3 Å². The van der Waals surface area contributed by atoms with Crippen LogP contribution in [-0.4, -0.2) is 56.8 Å². The molecule has 2 N–H and O–H groups in total. The molecule has 0 fully saturated rings. The molecule has 1 atom stereocenters. The smallest absolute Gasteiger partial charge is 0.243 e. The number of ether oxygens (including phenoxy) is 1. The molecule has 162 valence electrons. The number of benzene rings is 2. The largest absolute Gasteiger partial charge is 0.494 e. The molecule has 0 aliphatic carbocycles. The molecule has 6 nitrogen and oxygen atoms in total. The van der Waals surface area contributed by atoms with Gasteiger partial charge in [0.25, 0.3) is 0 Å². The minimum absolute atomic E-state index is 0.0256. The summed E-state index contributed by atoms with van der Waals surface area (Å²) in [6.45, 7) is 2.59. The average Bonchev–Trinajstić information content (AvgIpc) is 2.74. The van der Waals surface area contributed by atoms with Crippen LogP contribution in [0.4, 0.5) is 4.39 Å². The Kier molecular flexibility index (Phi) is 9.47. The summed E-state index contributed by atoms with van der Waals surface area (Å²) in [7, 11) is 4.82. The first-order valence-corrected chi connectivity index (χ1v) is 10.7. The zero-order valence-electron chi connectivity index (χ0n) is 17.8.